The van der Waals surface area contributed by atoms with E-state index < -0.39 is 21.2 Å². The van der Waals surface area contributed by atoms with Gasteiger partial charge in [-0.2, -0.15) is 5.26 Å². The third kappa shape index (κ3) is 4.66. The Morgan fingerprint density at radius 2 is 1.76 bits per heavy atom. The Morgan fingerprint density at radius 1 is 1.06 bits per heavy atom. The van der Waals surface area contributed by atoms with E-state index in [2.05, 4.69) is 42.9 Å². The Hall–Kier alpha value is -4.08. The average Bonchev–Trinajstić information content (AvgIpc) is 3.23. The van der Waals surface area contributed by atoms with Gasteiger partial charge in [0.25, 0.3) is 5.69 Å². The van der Waals surface area contributed by atoms with E-state index in [0.29, 0.717) is 25.6 Å². The van der Waals surface area contributed by atoms with Gasteiger partial charge in [0.15, 0.2) is 11.3 Å². The number of para-hydroxylation sites is 2. The molecule has 0 atom stereocenters. The summed E-state index contributed by atoms with van der Waals surface area (Å²) in [5, 5.41) is 32.0. The van der Waals surface area contributed by atoms with Gasteiger partial charge in [-0.3, -0.25) is 20.2 Å². The molecular formula is C22H10Br2N4O6. The molecule has 0 unspecified atom stereocenters. The van der Waals surface area contributed by atoms with Crippen LogP contribution in [-0.4, -0.2) is 14.8 Å². The van der Waals surface area contributed by atoms with Crippen LogP contribution in [0.5, 0.6) is 11.5 Å². The van der Waals surface area contributed by atoms with Crippen molar-refractivity contribution >= 4 is 66.0 Å². The number of rotatable bonds is 6. The van der Waals surface area contributed by atoms with E-state index in [1.54, 1.807) is 36.4 Å². The summed E-state index contributed by atoms with van der Waals surface area (Å²) in [5.74, 6) is 0.191. The molecule has 0 saturated heterocycles. The van der Waals surface area contributed by atoms with Crippen LogP contribution < -0.4 is 4.74 Å². The second kappa shape index (κ2) is 9.42. The maximum Gasteiger partial charge on any atom is 0.318 e. The number of allylic oxidation sites excluding steroid dienone is 1. The molecule has 0 fully saturated rings. The van der Waals surface area contributed by atoms with Crippen LogP contribution in [0, 0.1) is 31.6 Å². The first-order valence-corrected chi connectivity index (χ1v) is 10.9. The molecule has 0 amide bonds. The van der Waals surface area contributed by atoms with Crippen molar-refractivity contribution in [2.45, 2.75) is 0 Å². The van der Waals surface area contributed by atoms with Gasteiger partial charge in [0.05, 0.1) is 24.9 Å². The first-order chi connectivity index (χ1) is 16.3. The first-order valence-electron chi connectivity index (χ1n) is 9.34. The number of hydrogen-bond acceptors (Lipinski definition) is 8. The number of nitrogens with zero attached hydrogens (tertiary/aromatic N) is 4. The molecule has 12 heteroatoms. The van der Waals surface area contributed by atoms with Crippen LogP contribution in [0.3, 0.4) is 0 Å². The summed E-state index contributed by atoms with van der Waals surface area (Å²) >= 11 is 6.73. The van der Waals surface area contributed by atoms with Gasteiger partial charge in [-0.15, -0.1) is 0 Å². The van der Waals surface area contributed by atoms with Gasteiger partial charge >= 0.3 is 5.69 Å². The lowest BCUT2D eigenvalue weighted by molar-refractivity contribution is -0.394. The van der Waals surface area contributed by atoms with Crippen LogP contribution in [0.25, 0.3) is 22.7 Å². The van der Waals surface area contributed by atoms with Crippen molar-refractivity contribution in [1.29, 1.82) is 5.26 Å². The molecule has 168 valence electrons. The van der Waals surface area contributed by atoms with Crippen molar-refractivity contribution in [1.82, 2.24) is 4.98 Å². The number of hydrogen-bond donors (Lipinski definition) is 0. The van der Waals surface area contributed by atoms with Crippen LogP contribution in [0.4, 0.5) is 11.4 Å². The minimum atomic E-state index is -0.763. The molecule has 4 aromatic rings. The van der Waals surface area contributed by atoms with Crippen molar-refractivity contribution in [2.24, 2.45) is 0 Å². The molecule has 1 heterocycles. The summed E-state index contributed by atoms with van der Waals surface area (Å²) in [6, 6.07) is 15.6. The van der Waals surface area contributed by atoms with Crippen LogP contribution in [0.1, 0.15) is 11.5 Å². The molecule has 0 saturated carbocycles. The van der Waals surface area contributed by atoms with Crippen molar-refractivity contribution in [3.63, 3.8) is 0 Å². The molecule has 10 nitrogen and oxygen atoms in total. The highest BCUT2D eigenvalue weighted by molar-refractivity contribution is 9.11. The van der Waals surface area contributed by atoms with Crippen molar-refractivity contribution < 1.29 is 19.0 Å². The molecule has 0 spiro atoms. The topological polar surface area (TPSA) is 145 Å². The lowest BCUT2D eigenvalue weighted by Crippen LogP contribution is -1.97. The lowest BCUT2D eigenvalue weighted by atomic mass is 10.1. The minimum absolute atomic E-state index is 0.165. The molecule has 4 rings (SSSR count). The summed E-state index contributed by atoms with van der Waals surface area (Å²) in [5.41, 5.74) is 0.960. The zero-order valence-electron chi connectivity index (χ0n) is 16.8. The Bertz CT molecular complexity index is 1480. The van der Waals surface area contributed by atoms with E-state index in [-0.39, 0.29) is 23.0 Å². The fraction of sp³-hybridized carbons (Fsp3) is 0. The van der Waals surface area contributed by atoms with Crippen LogP contribution in [0.2, 0.25) is 0 Å². The molecular weight excluding hydrogens is 576 g/mol. The number of ether oxygens (including phenoxy) is 1. The molecule has 0 aliphatic rings. The molecule has 0 N–H and O–H groups in total. The second-order valence-corrected chi connectivity index (χ2v) is 8.45. The Balaban J connectivity index is 1.69. The Labute approximate surface area is 207 Å². The number of nitro groups is 2. The quantitative estimate of drug-likeness (QED) is 0.133. The number of aromatic nitrogens is 1. The molecule has 0 bridgehead atoms. The fourth-order valence-corrected chi connectivity index (χ4v) is 4.40. The summed E-state index contributed by atoms with van der Waals surface area (Å²) in [6.45, 7) is 0. The number of oxazole rings is 1. The molecule has 3 aromatic carbocycles. The van der Waals surface area contributed by atoms with E-state index in [4.69, 9.17) is 9.15 Å². The maximum absolute atomic E-state index is 11.4. The molecule has 0 radical (unpaired) electrons. The van der Waals surface area contributed by atoms with Gasteiger partial charge in [-0.1, -0.05) is 12.1 Å². The van der Waals surface area contributed by atoms with Crippen molar-refractivity contribution in [3.05, 3.63) is 95.2 Å². The van der Waals surface area contributed by atoms with Gasteiger partial charge < -0.3 is 9.15 Å². The third-order valence-electron chi connectivity index (χ3n) is 4.54. The summed E-state index contributed by atoms with van der Waals surface area (Å²) in [4.78, 5) is 25.2. The SMILES string of the molecule is N#C/C(=C\c1cc(Br)c(Oc2ccc([N+](=O)[O-])cc2[N+](=O)[O-])c(Br)c1)c1nc2ccccc2o1. The van der Waals surface area contributed by atoms with Crippen molar-refractivity contribution in [3.8, 4) is 17.6 Å². The van der Waals surface area contributed by atoms with E-state index >= 15 is 0 Å². The zero-order chi connectivity index (χ0) is 24.4. The Kier molecular flexibility index (Phi) is 6.40. The summed E-state index contributed by atoms with van der Waals surface area (Å²) in [6.07, 6.45) is 1.57. The normalized spacial score (nSPS) is 11.3. The fourth-order valence-electron chi connectivity index (χ4n) is 3.01. The number of fused-ring (bicyclic) bond motifs is 1. The molecule has 0 aliphatic heterocycles. The standard InChI is InChI=1S/C22H10Br2N4O6/c23-15-8-12(7-13(11-25)22-26-17-3-1-2-4-19(17)34-22)9-16(24)21(15)33-20-6-5-14(27(29)30)10-18(20)28(31)32/h1-10H/b13-7+. The monoisotopic (exact) mass is 584 g/mol. The smallest absolute Gasteiger partial charge is 0.318 e. The van der Waals surface area contributed by atoms with E-state index in [1.807, 2.05) is 6.07 Å². The second-order valence-electron chi connectivity index (χ2n) is 6.74. The molecule has 1 aromatic heterocycles. The number of nitro benzene ring substituents is 2. The molecule has 0 aliphatic carbocycles. The van der Waals surface area contributed by atoms with Crippen LogP contribution in [0.15, 0.2) is 68.0 Å². The lowest BCUT2D eigenvalue weighted by Gasteiger charge is -2.11. The zero-order valence-corrected chi connectivity index (χ0v) is 19.9. The largest absolute Gasteiger partial charge is 0.448 e. The number of benzene rings is 3. The highest BCUT2D eigenvalue weighted by atomic mass is 79.9. The number of non-ortho nitro benzene ring substituents is 1. The van der Waals surface area contributed by atoms with Gasteiger partial charge in [-0.05, 0) is 73.8 Å². The third-order valence-corrected chi connectivity index (χ3v) is 5.72. The predicted octanol–water partition coefficient (Wildman–Crippen LogP) is 7.03. The number of halogens is 2. The highest BCUT2D eigenvalue weighted by Gasteiger charge is 2.23. The van der Waals surface area contributed by atoms with Gasteiger partial charge in [-0.25, -0.2) is 4.98 Å². The summed E-state index contributed by atoms with van der Waals surface area (Å²) in [7, 11) is 0. The van der Waals surface area contributed by atoms with Crippen LogP contribution in [-0.2, 0) is 0 Å². The van der Waals surface area contributed by atoms with Gasteiger partial charge in [0, 0.05) is 6.07 Å². The predicted molar refractivity (Wildman–Crippen MR) is 129 cm³/mol. The first kappa shape index (κ1) is 23.1. The van der Waals surface area contributed by atoms with E-state index in [9.17, 15) is 25.5 Å². The van der Waals surface area contributed by atoms with Crippen molar-refractivity contribution in [2.75, 3.05) is 0 Å². The maximum atomic E-state index is 11.4. The number of nitriles is 1. The minimum Gasteiger partial charge on any atom is -0.448 e. The summed E-state index contributed by atoms with van der Waals surface area (Å²) < 4.78 is 12.2. The van der Waals surface area contributed by atoms with E-state index in [0.717, 1.165) is 18.2 Å². The highest BCUT2D eigenvalue weighted by Crippen LogP contribution is 2.42. The van der Waals surface area contributed by atoms with Gasteiger partial charge in [0.1, 0.15) is 17.2 Å². The van der Waals surface area contributed by atoms with Crippen LogP contribution >= 0.6 is 31.9 Å². The molecule has 34 heavy (non-hydrogen) atoms. The van der Waals surface area contributed by atoms with Gasteiger partial charge in [0.2, 0.25) is 11.6 Å². The average molecular weight is 586 g/mol. The van der Waals surface area contributed by atoms with E-state index in [1.165, 1.54) is 0 Å². The Morgan fingerprint density at radius 3 is 2.38 bits per heavy atom.